The number of amides is 3. The van der Waals surface area contributed by atoms with E-state index in [0.717, 1.165) is 36.9 Å². The van der Waals surface area contributed by atoms with Crippen LogP contribution in [0.25, 0.3) is 0 Å². The largest absolute Gasteiger partial charge is 0.354 e. The molecule has 1 unspecified atom stereocenters. The summed E-state index contributed by atoms with van der Waals surface area (Å²) < 4.78 is 0. The summed E-state index contributed by atoms with van der Waals surface area (Å²) in [7, 11) is 2.10. The molecule has 2 aromatic rings. The van der Waals surface area contributed by atoms with Gasteiger partial charge in [-0.25, -0.2) is 4.98 Å². The Morgan fingerprint density at radius 3 is 2.17 bits per heavy atom. The van der Waals surface area contributed by atoms with E-state index in [9.17, 15) is 14.4 Å². The van der Waals surface area contributed by atoms with Crippen LogP contribution in [0.3, 0.4) is 0 Å². The van der Waals surface area contributed by atoms with Crippen molar-refractivity contribution in [3.8, 4) is 0 Å². The Balaban J connectivity index is 1.42. The van der Waals surface area contributed by atoms with Gasteiger partial charge in [-0.2, -0.15) is 0 Å². The summed E-state index contributed by atoms with van der Waals surface area (Å²) >= 11 is 0. The summed E-state index contributed by atoms with van der Waals surface area (Å²) in [5.41, 5.74) is 1.18. The summed E-state index contributed by atoms with van der Waals surface area (Å²) in [5.74, 6) is -0.466. The van der Waals surface area contributed by atoms with Crippen LogP contribution in [0.15, 0.2) is 42.6 Å². The summed E-state index contributed by atoms with van der Waals surface area (Å²) in [6.45, 7) is 5.33. The summed E-state index contributed by atoms with van der Waals surface area (Å²) in [5, 5.41) is 2.75. The monoisotopic (exact) mass is 393 g/mol. The lowest BCUT2D eigenvalue weighted by molar-refractivity contribution is -0.119. The van der Waals surface area contributed by atoms with Gasteiger partial charge in [-0.3, -0.25) is 19.3 Å². The predicted octanol–water partition coefficient (Wildman–Crippen LogP) is 1.46. The number of hydrogen-bond donors (Lipinski definition) is 1. The Labute approximate surface area is 169 Å². The number of carbonyl (C=O) groups excluding carboxylic acids is 3. The average Bonchev–Trinajstić information content (AvgIpc) is 2.99. The maximum absolute atomic E-state index is 12.7. The van der Waals surface area contributed by atoms with E-state index in [4.69, 9.17) is 0 Å². The molecule has 29 heavy (non-hydrogen) atoms. The molecule has 4 rings (SSSR count). The quantitative estimate of drug-likeness (QED) is 0.792. The van der Waals surface area contributed by atoms with Gasteiger partial charge in [-0.05, 0) is 38.2 Å². The molecular formula is C21H23N5O3. The van der Waals surface area contributed by atoms with Crippen molar-refractivity contribution in [1.82, 2.24) is 14.8 Å². The Kier molecular flexibility index (Phi) is 5.02. The zero-order chi connectivity index (χ0) is 20.5. The zero-order valence-corrected chi connectivity index (χ0v) is 16.5. The van der Waals surface area contributed by atoms with Crippen LogP contribution >= 0.6 is 0 Å². The second-order valence-corrected chi connectivity index (χ2v) is 7.39. The lowest BCUT2D eigenvalue weighted by Gasteiger charge is -2.33. The number of likely N-dealkylation sites (N-methyl/N-ethyl adjacent to an activating group) is 1. The highest BCUT2D eigenvalue weighted by Crippen LogP contribution is 2.25. The van der Waals surface area contributed by atoms with Crippen LogP contribution in [-0.2, 0) is 4.79 Å². The van der Waals surface area contributed by atoms with Crippen LogP contribution in [0.2, 0.25) is 0 Å². The standard InChI is InChI=1S/C21H23N5O3/c1-14(26-20(28)16-5-3-4-6-17(16)21(26)29)19(27)23-15-7-8-18(22-13-15)25-11-9-24(2)10-12-25/h3-8,13-14H,9-12H2,1-2H3,(H,23,27). The SMILES string of the molecule is CC(C(=O)Nc1ccc(N2CCN(C)CC2)nc1)N1C(=O)c2ccccc2C1=O. The minimum absolute atomic E-state index is 0.329. The predicted molar refractivity (Wildman–Crippen MR) is 109 cm³/mol. The Hall–Kier alpha value is -3.26. The molecule has 8 heteroatoms. The van der Waals surface area contributed by atoms with Crippen molar-refractivity contribution in [1.29, 1.82) is 0 Å². The van der Waals surface area contributed by atoms with Gasteiger partial charge in [-0.1, -0.05) is 12.1 Å². The summed E-state index contributed by atoms with van der Waals surface area (Å²) in [6, 6.07) is 9.32. The molecule has 150 valence electrons. The molecule has 0 radical (unpaired) electrons. The highest BCUT2D eigenvalue weighted by Gasteiger charge is 2.40. The lowest BCUT2D eigenvalue weighted by atomic mass is 10.1. The Morgan fingerprint density at radius 2 is 1.62 bits per heavy atom. The number of carbonyl (C=O) groups is 3. The number of rotatable bonds is 4. The van der Waals surface area contributed by atoms with Crippen LogP contribution in [0.1, 0.15) is 27.6 Å². The van der Waals surface area contributed by atoms with E-state index in [-0.39, 0.29) is 0 Å². The molecule has 2 aliphatic heterocycles. The van der Waals surface area contributed by atoms with E-state index in [1.807, 2.05) is 6.07 Å². The Bertz CT molecular complexity index is 916. The maximum Gasteiger partial charge on any atom is 0.262 e. The molecule has 1 aromatic heterocycles. The molecule has 1 N–H and O–H groups in total. The number of aromatic nitrogens is 1. The van der Waals surface area contributed by atoms with Gasteiger partial charge in [0.05, 0.1) is 23.0 Å². The molecule has 3 heterocycles. The number of anilines is 2. The van der Waals surface area contributed by atoms with Gasteiger partial charge in [-0.15, -0.1) is 0 Å². The first-order valence-corrected chi connectivity index (χ1v) is 9.63. The fraction of sp³-hybridized carbons (Fsp3) is 0.333. The van der Waals surface area contributed by atoms with E-state index in [2.05, 4.69) is 27.1 Å². The normalized spacial score (nSPS) is 18.0. The first-order chi connectivity index (χ1) is 14.0. The van der Waals surface area contributed by atoms with Gasteiger partial charge in [0.25, 0.3) is 11.8 Å². The fourth-order valence-corrected chi connectivity index (χ4v) is 3.61. The van der Waals surface area contributed by atoms with Gasteiger partial charge in [0, 0.05) is 26.2 Å². The molecule has 0 aliphatic carbocycles. The number of fused-ring (bicyclic) bond motifs is 1. The summed E-state index contributed by atoms with van der Waals surface area (Å²) in [4.78, 5) is 47.7. The third-order valence-corrected chi connectivity index (χ3v) is 5.43. The highest BCUT2D eigenvalue weighted by molar-refractivity contribution is 6.23. The number of piperazine rings is 1. The molecule has 1 fully saturated rings. The van der Waals surface area contributed by atoms with E-state index in [1.54, 1.807) is 43.5 Å². The second kappa shape index (κ2) is 7.63. The van der Waals surface area contributed by atoms with Crippen molar-refractivity contribution in [2.75, 3.05) is 43.4 Å². The van der Waals surface area contributed by atoms with E-state index >= 15 is 0 Å². The van der Waals surface area contributed by atoms with Crippen LogP contribution in [0.4, 0.5) is 11.5 Å². The highest BCUT2D eigenvalue weighted by atomic mass is 16.2. The number of pyridine rings is 1. The van der Waals surface area contributed by atoms with Crippen LogP contribution in [0.5, 0.6) is 0 Å². The van der Waals surface area contributed by atoms with Crippen molar-refractivity contribution in [3.63, 3.8) is 0 Å². The molecule has 0 saturated carbocycles. The van der Waals surface area contributed by atoms with Crippen molar-refractivity contribution in [2.24, 2.45) is 0 Å². The van der Waals surface area contributed by atoms with Gasteiger partial charge < -0.3 is 15.1 Å². The lowest BCUT2D eigenvalue weighted by Crippen LogP contribution is -2.45. The number of imide groups is 1. The van der Waals surface area contributed by atoms with Crippen molar-refractivity contribution >= 4 is 29.2 Å². The van der Waals surface area contributed by atoms with Gasteiger partial charge in [0.15, 0.2) is 0 Å². The molecule has 0 bridgehead atoms. The number of hydrogen-bond acceptors (Lipinski definition) is 6. The van der Waals surface area contributed by atoms with Gasteiger partial charge >= 0.3 is 0 Å². The molecular weight excluding hydrogens is 370 g/mol. The van der Waals surface area contributed by atoms with Crippen molar-refractivity contribution in [3.05, 3.63) is 53.7 Å². The number of nitrogens with zero attached hydrogens (tertiary/aromatic N) is 4. The maximum atomic E-state index is 12.7. The Morgan fingerprint density at radius 1 is 1.00 bits per heavy atom. The van der Waals surface area contributed by atoms with Crippen LogP contribution in [0, 0.1) is 0 Å². The molecule has 1 aromatic carbocycles. The van der Waals surface area contributed by atoms with Gasteiger partial charge in [0.1, 0.15) is 11.9 Å². The first-order valence-electron chi connectivity index (χ1n) is 9.63. The second-order valence-electron chi connectivity index (χ2n) is 7.39. The minimum Gasteiger partial charge on any atom is -0.354 e. The molecule has 1 saturated heterocycles. The molecule has 8 nitrogen and oxygen atoms in total. The number of nitrogens with one attached hydrogen (secondary N) is 1. The first kappa shape index (κ1) is 19.1. The third kappa shape index (κ3) is 3.58. The minimum atomic E-state index is -0.931. The molecule has 2 aliphatic rings. The van der Waals surface area contributed by atoms with Crippen LogP contribution < -0.4 is 10.2 Å². The van der Waals surface area contributed by atoms with Gasteiger partial charge in [0.2, 0.25) is 5.91 Å². The fourth-order valence-electron chi connectivity index (χ4n) is 3.61. The topological polar surface area (TPSA) is 85.8 Å². The third-order valence-electron chi connectivity index (χ3n) is 5.43. The van der Waals surface area contributed by atoms with Crippen molar-refractivity contribution < 1.29 is 14.4 Å². The van der Waals surface area contributed by atoms with E-state index in [0.29, 0.717) is 16.8 Å². The number of benzene rings is 1. The van der Waals surface area contributed by atoms with E-state index < -0.39 is 23.8 Å². The van der Waals surface area contributed by atoms with Crippen LogP contribution in [-0.4, -0.2) is 71.8 Å². The van der Waals surface area contributed by atoms with Crippen molar-refractivity contribution in [2.45, 2.75) is 13.0 Å². The van der Waals surface area contributed by atoms with E-state index in [1.165, 1.54) is 0 Å². The summed E-state index contributed by atoms with van der Waals surface area (Å²) in [6.07, 6.45) is 1.60. The smallest absolute Gasteiger partial charge is 0.262 e. The average molecular weight is 393 g/mol. The zero-order valence-electron chi connectivity index (χ0n) is 16.5. The molecule has 1 atom stereocenters. The molecule has 3 amide bonds. The molecule has 0 spiro atoms.